The Balaban J connectivity index is 2.10. The Morgan fingerprint density at radius 2 is 1.95 bits per heavy atom. The van der Waals surface area contributed by atoms with Crippen molar-refractivity contribution >= 4 is 23.6 Å². The molecule has 0 aromatic heterocycles. The van der Waals surface area contributed by atoms with Crippen molar-refractivity contribution in [2.45, 2.75) is 50.2 Å². The van der Waals surface area contributed by atoms with Gasteiger partial charge < -0.3 is 10.0 Å². The number of nitrogens with zero attached hydrogens (tertiary/aromatic N) is 1. The minimum absolute atomic E-state index is 0.0555. The lowest BCUT2D eigenvalue weighted by Gasteiger charge is -2.34. The van der Waals surface area contributed by atoms with Crippen molar-refractivity contribution in [2.75, 3.05) is 5.75 Å². The molecule has 1 aliphatic carbocycles. The summed E-state index contributed by atoms with van der Waals surface area (Å²) in [6.07, 6.45) is -3.68. The summed E-state index contributed by atoms with van der Waals surface area (Å²) in [7, 11) is 0. The Kier molecular flexibility index (Phi) is 4.75. The number of hydrogen-bond donors (Lipinski definition) is 1. The fourth-order valence-corrected chi connectivity index (χ4v) is 4.27. The molecule has 1 aliphatic heterocycles. The zero-order valence-corrected chi connectivity index (χ0v) is 12.4. The Bertz CT molecular complexity index is 429. The van der Waals surface area contributed by atoms with Gasteiger partial charge in [-0.2, -0.15) is 13.2 Å². The molecule has 1 amide bonds. The van der Waals surface area contributed by atoms with Crippen molar-refractivity contribution in [2.24, 2.45) is 11.8 Å². The molecule has 1 N–H and O–H groups in total. The molecule has 4 atom stereocenters. The standard InChI is InChI=1S/C13H18F3NO3S/c1-7-17(10(6-21-7)12(19)20)11(18)8-3-2-4-9(5-8)13(14,15)16/h7-10H,2-6H2,1H3,(H,19,20). The summed E-state index contributed by atoms with van der Waals surface area (Å²) in [4.78, 5) is 24.9. The summed E-state index contributed by atoms with van der Waals surface area (Å²) < 4.78 is 38.4. The Morgan fingerprint density at radius 3 is 2.52 bits per heavy atom. The number of hydrogen-bond acceptors (Lipinski definition) is 3. The van der Waals surface area contributed by atoms with Crippen LogP contribution in [0.3, 0.4) is 0 Å². The van der Waals surface area contributed by atoms with E-state index in [2.05, 4.69) is 0 Å². The molecule has 0 spiro atoms. The maximum Gasteiger partial charge on any atom is 0.391 e. The number of carbonyl (C=O) groups is 2. The van der Waals surface area contributed by atoms with Crippen molar-refractivity contribution in [3.63, 3.8) is 0 Å². The Labute approximate surface area is 125 Å². The molecule has 1 heterocycles. The van der Waals surface area contributed by atoms with E-state index in [1.165, 1.54) is 16.7 Å². The van der Waals surface area contributed by atoms with Gasteiger partial charge in [0.05, 0.1) is 11.3 Å². The van der Waals surface area contributed by atoms with Gasteiger partial charge in [-0.05, 0) is 26.2 Å². The number of carboxylic acid groups (broad SMARTS) is 1. The molecule has 4 unspecified atom stereocenters. The van der Waals surface area contributed by atoms with Crippen LogP contribution in [0, 0.1) is 11.8 Å². The van der Waals surface area contributed by atoms with Crippen molar-refractivity contribution in [1.82, 2.24) is 4.90 Å². The first-order chi connectivity index (χ1) is 9.71. The van der Waals surface area contributed by atoms with Gasteiger partial charge in [0, 0.05) is 11.7 Å². The highest BCUT2D eigenvalue weighted by atomic mass is 32.2. The maximum atomic E-state index is 12.8. The first kappa shape index (κ1) is 16.5. The topological polar surface area (TPSA) is 57.6 Å². The normalized spacial score (nSPS) is 34.0. The summed E-state index contributed by atoms with van der Waals surface area (Å²) in [5, 5.41) is 8.84. The maximum absolute atomic E-state index is 12.8. The molecular formula is C13H18F3NO3S. The van der Waals surface area contributed by atoms with Gasteiger partial charge in [-0.1, -0.05) is 6.42 Å². The molecular weight excluding hydrogens is 307 g/mol. The van der Waals surface area contributed by atoms with Gasteiger partial charge in [0.1, 0.15) is 6.04 Å². The second-order valence-corrected chi connectivity index (χ2v) is 6.98. The van der Waals surface area contributed by atoms with Crippen LogP contribution in [0.2, 0.25) is 0 Å². The van der Waals surface area contributed by atoms with E-state index in [1.807, 2.05) is 0 Å². The van der Waals surface area contributed by atoms with Crippen LogP contribution < -0.4 is 0 Å². The van der Waals surface area contributed by atoms with Crippen LogP contribution in [0.4, 0.5) is 13.2 Å². The van der Waals surface area contributed by atoms with Crippen LogP contribution in [0.1, 0.15) is 32.6 Å². The molecule has 1 saturated heterocycles. The molecule has 120 valence electrons. The predicted octanol–water partition coefficient (Wildman–Crippen LogP) is 2.73. The molecule has 1 saturated carbocycles. The van der Waals surface area contributed by atoms with E-state index in [4.69, 9.17) is 5.11 Å². The lowest BCUT2D eigenvalue weighted by molar-refractivity contribution is -0.187. The van der Waals surface area contributed by atoms with E-state index in [0.29, 0.717) is 12.8 Å². The van der Waals surface area contributed by atoms with E-state index < -0.39 is 35.9 Å². The smallest absolute Gasteiger partial charge is 0.391 e. The minimum Gasteiger partial charge on any atom is -0.480 e. The van der Waals surface area contributed by atoms with Crippen molar-refractivity contribution in [3.05, 3.63) is 0 Å². The number of aliphatic carboxylic acids is 1. The quantitative estimate of drug-likeness (QED) is 0.848. The predicted molar refractivity (Wildman–Crippen MR) is 71.7 cm³/mol. The fraction of sp³-hybridized carbons (Fsp3) is 0.846. The molecule has 0 radical (unpaired) electrons. The highest BCUT2D eigenvalue weighted by Gasteiger charge is 2.47. The lowest BCUT2D eigenvalue weighted by atomic mass is 9.80. The summed E-state index contributed by atoms with van der Waals surface area (Å²) in [5.41, 5.74) is 0. The molecule has 4 nitrogen and oxygen atoms in total. The zero-order valence-electron chi connectivity index (χ0n) is 11.6. The highest BCUT2D eigenvalue weighted by Crippen LogP contribution is 2.41. The van der Waals surface area contributed by atoms with Gasteiger partial charge >= 0.3 is 12.1 Å². The third-order valence-corrected chi connectivity index (χ3v) is 5.47. The van der Waals surface area contributed by atoms with Crippen LogP contribution in [0.15, 0.2) is 0 Å². The summed E-state index contributed by atoms with van der Waals surface area (Å²) in [6.45, 7) is 1.72. The number of alkyl halides is 3. The lowest BCUT2D eigenvalue weighted by Crippen LogP contribution is -2.48. The minimum atomic E-state index is -4.28. The average molecular weight is 325 g/mol. The van der Waals surface area contributed by atoms with E-state index in [9.17, 15) is 22.8 Å². The average Bonchev–Trinajstić information content (AvgIpc) is 2.79. The van der Waals surface area contributed by atoms with E-state index in [1.54, 1.807) is 6.92 Å². The number of halogens is 3. The second kappa shape index (κ2) is 6.06. The largest absolute Gasteiger partial charge is 0.480 e. The number of rotatable bonds is 2. The SMILES string of the molecule is CC1SCC(C(=O)O)N1C(=O)C1CCCC(C(F)(F)F)C1. The van der Waals surface area contributed by atoms with E-state index in [0.717, 1.165) is 0 Å². The van der Waals surface area contributed by atoms with Gasteiger partial charge in [-0.25, -0.2) is 4.79 Å². The molecule has 2 rings (SSSR count). The van der Waals surface area contributed by atoms with E-state index >= 15 is 0 Å². The molecule has 0 bridgehead atoms. The molecule has 21 heavy (non-hydrogen) atoms. The molecule has 0 aromatic rings. The van der Waals surface area contributed by atoms with Crippen LogP contribution in [0.25, 0.3) is 0 Å². The van der Waals surface area contributed by atoms with Crippen molar-refractivity contribution in [1.29, 1.82) is 0 Å². The molecule has 8 heteroatoms. The van der Waals surface area contributed by atoms with Crippen molar-refractivity contribution < 1.29 is 27.9 Å². The number of carboxylic acids is 1. The Morgan fingerprint density at radius 1 is 1.29 bits per heavy atom. The third-order valence-electron chi connectivity index (χ3n) is 4.25. The zero-order chi connectivity index (χ0) is 15.8. The van der Waals surface area contributed by atoms with Gasteiger partial charge in [0.2, 0.25) is 5.91 Å². The number of amides is 1. The van der Waals surface area contributed by atoms with Gasteiger partial charge in [0.25, 0.3) is 0 Å². The summed E-state index contributed by atoms with van der Waals surface area (Å²) in [6, 6.07) is -0.927. The van der Waals surface area contributed by atoms with Gasteiger partial charge in [0.15, 0.2) is 0 Å². The van der Waals surface area contributed by atoms with E-state index in [-0.39, 0.29) is 24.0 Å². The number of carbonyl (C=O) groups excluding carboxylic acids is 1. The highest BCUT2D eigenvalue weighted by molar-refractivity contribution is 8.00. The molecule has 0 aromatic carbocycles. The molecule has 2 aliphatic rings. The van der Waals surface area contributed by atoms with Gasteiger partial charge in [-0.3, -0.25) is 4.79 Å². The monoisotopic (exact) mass is 325 g/mol. The van der Waals surface area contributed by atoms with Crippen LogP contribution in [-0.4, -0.2) is 45.2 Å². The summed E-state index contributed by atoms with van der Waals surface area (Å²) in [5.74, 6) is -3.41. The first-order valence-electron chi connectivity index (χ1n) is 6.95. The summed E-state index contributed by atoms with van der Waals surface area (Å²) >= 11 is 1.34. The van der Waals surface area contributed by atoms with Crippen LogP contribution in [0.5, 0.6) is 0 Å². The molecule has 2 fully saturated rings. The van der Waals surface area contributed by atoms with Gasteiger partial charge in [-0.15, -0.1) is 11.8 Å². The second-order valence-electron chi connectivity index (χ2n) is 5.63. The van der Waals surface area contributed by atoms with Crippen molar-refractivity contribution in [3.8, 4) is 0 Å². The fourth-order valence-electron chi connectivity index (χ4n) is 3.09. The Hall–Kier alpha value is -0.920. The number of thioether (sulfide) groups is 1. The van der Waals surface area contributed by atoms with Crippen LogP contribution in [-0.2, 0) is 9.59 Å². The first-order valence-corrected chi connectivity index (χ1v) is 8.00. The third kappa shape index (κ3) is 3.46. The van der Waals surface area contributed by atoms with Crippen LogP contribution >= 0.6 is 11.8 Å².